The van der Waals surface area contributed by atoms with Crippen molar-refractivity contribution in [3.63, 3.8) is 0 Å². The topological polar surface area (TPSA) is 79.3 Å². The minimum atomic E-state index is -1.33. The number of hydrogen-bond acceptors (Lipinski definition) is 3. The van der Waals surface area contributed by atoms with E-state index in [0.717, 1.165) is 16.7 Å². The van der Waals surface area contributed by atoms with Crippen molar-refractivity contribution in [3.8, 4) is 11.1 Å². The highest BCUT2D eigenvalue weighted by molar-refractivity contribution is 5.82. The number of pyridine rings is 1. The molecular formula is C17H14N2O3. The summed E-state index contributed by atoms with van der Waals surface area (Å²) in [5.74, 6) is 0. The highest BCUT2D eigenvalue weighted by Crippen LogP contribution is 2.33. The molecule has 0 radical (unpaired) electrons. The second-order valence-corrected chi connectivity index (χ2v) is 5.13. The molecule has 1 aromatic carbocycles. The molecule has 0 unspecified atom stereocenters. The summed E-state index contributed by atoms with van der Waals surface area (Å²) in [7, 11) is 0. The number of carbonyl (C=O) groups is 2. The van der Waals surface area contributed by atoms with Crippen molar-refractivity contribution in [3.05, 3.63) is 66.0 Å². The molecule has 1 aromatic heterocycles. The van der Waals surface area contributed by atoms with Gasteiger partial charge in [0.15, 0.2) is 6.29 Å². The zero-order valence-electron chi connectivity index (χ0n) is 11.7. The monoisotopic (exact) mass is 294 g/mol. The van der Waals surface area contributed by atoms with Crippen molar-refractivity contribution in [1.29, 1.82) is 0 Å². The van der Waals surface area contributed by atoms with Crippen LogP contribution in [0.1, 0.15) is 11.1 Å². The highest BCUT2D eigenvalue weighted by Gasteiger charge is 2.35. The van der Waals surface area contributed by atoms with Gasteiger partial charge in [-0.2, -0.15) is 0 Å². The van der Waals surface area contributed by atoms with Crippen molar-refractivity contribution in [2.45, 2.75) is 12.0 Å². The van der Waals surface area contributed by atoms with Crippen molar-refractivity contribution >= 4 is 12.4 Å². The zero-order valence-corrected chi connectivity index (χ0v) is 11.7. The second-order valence-electron chi connectivity index (χ2n) is 5.13. The number of rotatable bonds is 3. The third-order valence-electron chi connectivity index (χ3n) is 3.79. The maximum absolute atomic E-state index is 11.6. The molecule has 0 bridgehead atoms. The number of carboxylic acid groups (broad SMARTS) is 1. The average molecular weight is 294 g/mol. The van der Waals surface area contributed by atoms with Gasteiger partial charge in [-0.3, -0.25) is 9.78 Å². The Balaban J connectivity index is 2.14. The van der Waals surface area contributed by atoms with Gasteiger partial charge in [-0.25, -0.2) is 4.79 Å². The van der Waals surface area contributed by atoms with Gasteiger partial charge in [-0.05, 0) is 46.9 Å². The first-order chi connectivity index (χ1) is 10.6. The Morgan fingerprint density at radius 2 is 2.00 bits per heavy atom. The van der Waals surface area contributed by atoms with Gasteiger partial charge in [0, 0.05) is 12.4 Å². The van der Waals surface area contributed by atoms with E-state index in [4.69, 9.17) is 5.11 Å². The summed E-state index contributed by atoms with van der Waals surface area (Å²) >= 11 is 0. The van der Waals surface area contributed by atoms with Crippen LogP contribution in [-0.2, 0) is 16.8 Å². The molecule has 2 N–H and O–H groups in total. The summed E-state index contributed by atoms with van der Waals surface area (Å²) in [5.41, 5.74) is 2.14. The molecular weight excluding hydrogens is 280 g/mol. The van der Waals surface area contributed by atoms with Crippen LogP contribution in [-0.4, -0.2) is 22.5 Å². The summed E-state index contributed by atoms with van der Waals surface area (Å²) in [6.45, 7) is 0. The molecule has 2 aromatic rings. The number of nitrogens with zero attached hydrogens (tertiary/aromatic N) is 1. The number of aldehydes is 1. The van der Waals surface area contributed by atoms with Gasteiger partial charge in [0.1, 0.15) is 5.54 Å². The maximum atomic E-state index is 11.6. The first kappa shape index (κ1) is 14.0. The number of nitrogens with one attached hydrogen (secondary N) is 1. The Labute approximate surface area is 127 Å². The van der Waals surface area contributed by atoms with Gasteiger partial charge in [0.2, 0.25) is 0 Å². The number of carbonyl (C=O) groups excluding carboxylic acids is 1. The normalized spacial score (nSPS) is 19.3. The lowest BCUT2D eigenvalue weighted by molar-refractivity contribution is -0.112. The summed E-state index contributed by atoms with van der Waals surface area (Å²) < 4.78 is 0. The zero-order chi connectivity index (χ0) is 15.6. The Hall–Kier alpha value is -2.95. The lowest BCUT2D eigenvalue weighted by Gasteiger charge is -2.30. The van der Waals surface area contributed by atoms with Crippen LogP contribution < -0.4 is 5.32 Å². The lowest BCUT2D eigenvalue weighted by atomic mass is 9.81. The van der Waals surface area contributed by atoms with Gasteiger partial charge in [-0.1, -0.05) is 24.3 Å². The molecule has 0 saturated carbocycles. The Bertz CT molecular complexity index is 756. The molecule has 22 heavy (non-hydrogen) atoms. The molecule has 0 aliphatic heterocycles. The highest BCUT2D eigenvalue weighted by atomic mass is 16.4. The van der Waals surface area contributed by atoms with E-state index in [9.17, 15) is 9.59 Å². The predicted molar refractivity (Wildman–Crippen MR) is 81.4 cm³/mol. The molecule has 0 saturated heterocycles. The number of allylic oxidation sites excluding steroid dienone is 1. The summed E-state index contributed by atoms with van der Waals surface area (Å²) in [6, 6.07) is 9.49. The van der Waals surface area contributed by atoms with Crippen LogP contribution in [0.2, 0.25) is 0 Å². The maximum Gasteiger partial charge on any atom is 0.405 e. The summed E-state index contributed by atoms with van der Waals surface area (Å²) in [5, 5.41) is 11.4. The smallest absolute Gasteiger partial charge is 0.405 e. The number of fused-ring (bicyclic) bond motifs is 1. The Morgan fingerprint density at radius 1 is 1.23 bits per heavy atom. The molecule has 0 fully saturated rings. The van der Waals surface area contributed by atoms with Crippen LogP contribution in [0.3, 0.4) is 0 Å². The lowest BCUT2D eigenvalue weighted by Crippen LogP contribution is -2.46. The molecule has 5 nitrogen and oxygen atoms in total. The SMILES string of the molecule is O=C[C@]1(NC(=O)O)C=CCc2ccc(-c3ccncc3)cc21. The number of benzene rings is 1. The molecule has 1 aliphatic carbocycles. The second kappa shape index (κ2) is 5.44. The first-order valence-corrected chi connectivity index (χ1v) is 6.83. The molecule has 0 spiro atoms. The van der Waals surface area contributed by atoms with Crippen molar-refractivity contribution in [2.75, 3.05) is 0 Å². The van der Waals surface area contributed by atoms with Crippen LogP contribution in [0.5, 0.6) is 0 Å². The summed E-state index contributed by atoms with van der Waals surface area (Å²) in [4.78, 5) is 26.7. The van der Waals surface area contributed by atoms with E-state index in [1.165, 1.54) is 0 Å². The molecule has 1 aliphatic rings. The average Bonchev–Trinajstić information content (AvgIpc) is 2.55. The summed E-state index contributed by atoms with van der Waals surface area (Å²) in [6.07, 6.45) is 6.85. The largest absolute Gasteiger partial charge is 0.465 e. The Morgan fingerprint density at radius 3 is 2.68 bits per heavy atom. The van der Waals surface area contributed by atoms with Crippen molar-refractivity contribution in [2.24, 2.45) is 0 Å². The van der Waals surface area contributed by atoms with E-state index in [-0.39, 0.29) is 0 Å². The van der Waals surface area contributed by atoms with Crippen LogP contribution >= 0.6 is 0 Å². The van der Waals surface area contributed by atoms with E-state index in [0.29, 0.717) is 18.3 Å². The van der Waals surface area contributed by atoms with Crippen molar-refractivity contribution < 1.29 is 14.7 Å². The van der Waals surface area contributed by atoms with Crippen molar-refractivity contribution in [1.82, 2.24) is 10.3 Å². The molecule has 5 heteroatoms. The van der Waals surface area contributed by atoms with Crippen LogP contribution in [0.25, 0.3) is 11.1 Å². The number of aromatic nitrogens is 1. The third-order valence-corrected chi connectivity index (χ3v) is 3.79. The van der Waals surface area contributed by atoms with E-state index in [1.54, 1.807) is 24.5 Å². The van der Waals surface area contributed by atoms with E-state index < -0.39 is 11.6 Å². The minimum Gasteiger partial charge on any atom is -0.465 e. The number of hydrogen-bond donors (Lipinski definition) is 2. The van der Waals surface area contributed by atoms with Gasteiger partial charge in [0.05, 0.1) is 0 Å². The fourth-order valence-electron chi connectivity index (χ4n) is 2.74. The van der Waals surface area contributed by atoms with Gasteiger partial charge in [0.25, 0.3) is 0 Å². The fourth-order valence-corrected chi connectivity index (χ4v) is 2.74. The van der Waals surface area contributed by atoms with Crippen LogP contribution in [0.15, 0.2) is 54.9 Å². The number of amides is 1. The molecule has 1 atom stereocenters. The molecule has 1 heterocycles. The quantitative estimate of drug-likeness (QED) is 0.673. The standard InChI is InChI=1S/C17H14N2O3/c20-11-17(19-16(21)22)7-1-2-13-3-4-14(10-15(13)17)12-5-8-18-9-6-12/h1,3-11,19H,2H2,(H,21,22)/t17-/m1/s1. The van der Waals surface area contributed by atoms with E-state index in [1.807, 2.05) is 30.3 Å². The predicted octanol–water partition coefficient (Wildman–Crippen LogP) is 2.52. The molecule has 1 amide bonds. The van der Waals surface area contributed by atoms with Crippen LogP contribution in [0.4, 0.5) is 4.79 Å². The molecule has 110 valence electrons. The Kier molecular flexibility index (Phi) is 3.47. The van der Waals surface area contributed by atoms with E-state index in [2.05, 4.69) is 10.3 Å². The minimum absolute atomic E-state index is 0.631. The van der Waals surface area contributed by atoms with Gasteiger partial charge >= 0.3 is 6.09 Å². The third kappa shape index (κ3) is 2.37. The van der Waals surface area contributed by atoms with Gasteiger partial charge in [-0.15, -0.1) is 0 Å². The first-order valence-electron chi connectivity index (χ1n) is 6.83. The van der Waals surface area contributed by atoms with Gasteiger partial charge < -0.3 is 10.4 Å². The van der Waals surface area contributed by atoms with E-state index >= 15 is 0 Å². The van der Waals surface area contributed by atoms with Crippen LogP contribution in [0, 0.1) is 0 Å². The fraction of sp³-hybridized carbons (Fsp3) is 0.118. The molecule has 3 rings (SSSR count).